The highest BCUT2D eigenvalue weighted by molar-refractivity contribution is 5.87. The number of benzene rings is 2. The molecule has 1 N–H and O–H groups in total. The van der Waals surface area contributed by atoms with Gasteiger partial charge in [-0.3, -0.25) is 4.79 Å². The van der Waals surface area contributed by atoms with E-state index in [1.54, 1.807) is 0 Å². The Morgan fingerprint density at radius 3 is 2.63 bits per heavy atom. The van der Waals surface area contributed by atoms with Crippen molar-refractivity contribution < 1.29 is 0 Å². The van der Waals surface area contributed by atoms with E-state index in [9.17, 15) is 4.79 Å². The number of nitrogens with one attached hydrogen (secondary N) is 1. The average molecular weight is 250 g/mol. The number of aromatic nitrogens is 2. The molecule has 3 heteroatoms. The molecule has 0 radical (unpaired) electrons. The number of hydrogen-bond donors (Lipinski definition) is 1. The molecule has 0 fully saturated rings. The van der Waals surface area contributed by atoms with Crippen LogP contribution < -0.4 is 5.56 Å². The van der Waals surface area contributed by atoms with Gasteiger partial charge >= 0.3 is 0 Å². The van der Waals surface area contributed by atoms with Crippen molar-refractivity contribution in [2.24, 2.45) is 0 Å². The Kier molecular flexibility index (Phi) is 2.88. The summed E-state index contributed by atoms with van der Waals surface area (Å²) < 4.78 is 0. The first-order valence-corrected chi connectivity index (χ1v) is 6.35. The van der Waals surface area contributed by atoms with Gasteiger partial charge in [0, 0.05) is 0 Å². The van der Waals surface area contributed by atoms with Gasteiger partial charge in [-0.1, -0.05) is 43.3 Å². The summed E-state index contributed by atoms with van der Waals surface area (Å²) in [5, 5.41) is 8.88. The van der Waals surface area contributed by atoms with Crippen molar-refractivity contribution in [2.45, 2.75) is 13.3 Å². The predicted molar refractivity (Wildman–Crippen MR) is 77.2 cm³/mol. The summed E-state index contributed by atoms with van der Waals surface area (Å²) in [4.78, 5) is 11.9. The summed E-state index contributed by atoms with van der Waals surface area (Å²) in [6, 6.07) is 16.0. The third-order valence-electron chi connectivity index (χ3n) is 3.28. The molecule has 0 spiro atoms. The molecule has 1 heterocycles. The van der Waals surface area contributed by atoms with Crippen LogP contribution in [-0.4, -0.2) is 10.2 Å². The molecule has 0 aliphatic carbocycles. The second-order valence-electron chi connectivity index (χ2n) is 4.52. The van der Waals surface area contributed by atoms with Crippen LogP contribution in [0.25, 0.3) is 21.9 Å². The fraction of sp³-hybridized carbons (Fsp3) is 0.125. The quantitative estimate of drug-likeness (QED) is 0.759. The fourth-order valence-corrected chi connectivity index (χ4v) is 2.20. The second-order valence-corrected chi connectivity index (χ2v) is 4.52. The van der Waals surface area contributed by atoms with Crippen molar-refractivity contribution in [3.05, 3.63) is 64.6 Å². The molecule has 0 saturated carbocycles. The number of fused-ring (bicyclic) bond motifs is 1. The minimum Gasteiger partial charge on any atom is -0.267 e. The van der Waals surface area contributed by atoms with Gasteiger partial charge < -0.3 is 0 Å². The van der Waals surface area contributed by atoms with Crippen LogP contribution >= 0.6 is 0 Å². The van der Waals surface area contributed by atoms with Crippen molar-refractivity contribution in [1.29, 1.82) is 0 Å². The summed E-state index contributed by atoms with van der Waals surface area (Å²) in [7, 11) is 0. The molecule has 0 unspecified atom stereocenters. The number of aryl methyl sites for hydroxylation is 1. The van der Waals surface area contributed by atoms with Crippen molar-refractivity contribution in [1.82, 2.24) is 10.2 Å². The van der Waals surface area contributed by atoms with E-state index in [0.717, 1.165) is 23.1 Å². The Morgan fingerprint density at radius 1 is 1.05 bits per heavy atom. The lowest BCUT2D eigenvalue weighted by Gasteiger charge is -2.04. The van der Waals surface area contributed by atoms with Crippen LogP contribution in [0.1, 0.15) is 12.6 Å². The first-order chi connectivity index (χ1) is 9.28. The van der Waals surface area contributed by atoms with Crippen molar-refractivity contribution >= 4 is 10.8 Å². The Bertz CT molecular complexity index is 790. The minimum absolute atomic E-state index is 0.146. The van der Waals surface area contributed by atoms with Gasteiger partial charge in [0.1, 0.15) is 0 Å². The number of aromatic amines is 1. The van der Waals surface area contributed by atoms with Gasteiger partial charge in [0.05, 0.1) is 11.3 Å². The third kappa shape index (κ3) is 2.15. The molecule has 0 bridgehead atoms. The topological polar surface area (TPSA) is 45.8 Å². The zero-order valence-electron chi connectivity index (χ0n) is 10.7. The van der Waals surface area contributed by atoms with Crippen molar-refractivity contribution in [3.8, 4) is 11.1 Å². The van der Waals surface area contributed by atoms with Crippen LogP contribution in [0.5, 0.6) is 0 Å². The lowest BCUT2D eigenvalue weighted by Crippen LogP contribution is -2.12. The third-order valence-corrected chi connectivity index (χ3v) is 3.28. The van der Waals surface area contributed by atoms with E-state index in [0.29, 0.717) is 5.56 Å². The van der Waals surface area contributed by atoms with Crippen LogP contribution in [0.15, 0.2) is 53.3 Å². The summed E-state index contributed by atoms with van der Waals surface area (Å²) in [6.45, 7) is 2.02. The molecule has 3 nitrogen and oxygen atoms in total. The number of nitrogens with zero attached hydrogens (tertiary/aromatic N) is 1. The summed E-state index contributed by atoms with van der Waals surface area (Å²) >= 11 is 0. The molecule has 3 rings (SSSR count). The Morgan fingerprint density at radius 2 is 1.84 bits per heavy atom. The summed E-state index contributed by atoms with van der Waals surface area (Å²) in [5.74, 6) is 0. The predicted octanol–water partition coefficient (Wildman–Crippen LogP) is 3.15. The summed E-state index contributed by atoms with van der Waals surface area (Å²) in [5.41, 5.74) is 2.35. The zero-order chi connectivity index (χ0) is 13.2. The van der Waals surface area contributed by atoms with Crippen LogP contribution in [0.2, 0.25) is 0 Å². The van der Waals surface area contributed by atoms with Crippen molar-refractivity contribution in [2.75, 3.05) is 0 Å². The van der Waals surface area contributed by atoms with E-state index in [-0.39, 0.29) is 5.56 Å². The fourth-order valence-electron chi connectivity index (χ4n) is 2.20. The van der Waals surface area contributed by atoms with Gasteiger partial charge in [-0.15, -0.1) is 0 Å². The molecule has 0 amide bonds. The SMILES string of the molecule is CCc1cc(-c2ccc3ccccc3c2)c(=O)[nH]n1. The van der Waals surface area contributed by atoms with Crippen LogP contribution in [0.3, 0.4) is 0 Å². The molecule has 0 aliphatic heterocycles. The normalized spacial score (nSPS) is 10.8. The number of H-pyrrole nitrogens is 1. The Balaban J connectivity index is 2.21. The lowest BCUT2D eigenvalue weighted by molar-refractivity contribution is 0.898. The molecule has 0 aliphatic rings. The largest absolute Gasteiger partial charge is 0.272 e. The number of rotatable bonds is 2. The minimum atomic E-state index is -0.146. The van der Waals surface area contributed by atoms with E-state index >= 15 is 0 Å². The highest BCUT2D eigenvalue weighted by Gasteiger charge is 2.06. The highest BCUT2D eigenvalue weighted by Crippen LogP contribution is 2.22. The van der Waals surface area contributed by atoms with E-state index in [2.05, 4.69) is 22.3 Å². The molecule has 19 heavy (non-hydrogen) atoms. The standard InChI is InChI=1S/C16H14N2O/c1-2-14-10-15(16(19)18-17-14)13-8-7-11-5-3-4-6-12(11)9-13/h3-10H,2H2,1H3,(H,18,19). The van der Waals surface area contributed by atoms with Crippen molar-refractivity contribution in [3.63, 3.8) is 0 Å². The highest BCUT2D eigenvalue weighted by atomic mass is 16.1. The smallest absolute Gasteiger partial charge is 0.267 e. The lowest BCUT2D eigenvalue weighted by atomic mass is 10.0. The first-order valence-electron chi connectivity index (χ1n) is 6.35. The molecule has 94 valence electrons. The maximum absolute atomic E-state index is 11.9. The molecular formula is C16H14N2O. The zero-order valence-corrected chi connectivity index (χ0v) is 10.7. The first kappa shape index (κ1) is 11.7. The van der Waals surface area contributed by atoms with Crippen LogP contribution in [0.4, 0.5) is 0 Å². The van der Waals surface area contributed by atoms with Gasteiger partial charge in [0.2, 0.25) is 0 Å². The Labute approximate surface area is 110 Å². The average Bonchev–Trinajstić information content (AvgIpc) is 2.47. The molecule has 2 aromatic carbocycles. The molecule has 0 atom stereocenters. The van der Waals surface area contributed by atoms with E-state index in [1.807, 2.05) is 43.3 Å². The molecule has 0 saturated heterocycles. The monoisotopic (exact) mass is 250 g/mol. The van der Waals surface area contributed by atoms with E-state index < -0.39 is 0 Å². The second kappa shape index (κ2) is 4.69. The van der Waals surface area contributed by atoms with Crippen LogP contribution in [-0.2, 0) is 6.42 Å². The molecule has 1 aromatic heterocycles. The Hall–Kier alpha value is -2.42. The molecule has 3 aromatic rings. The molecular weight excluding hydrogens is 236 g/mol. The van der Waals surface area contributed by atoms with Gasteiger partial charge in [0.15, 0.2) is 0 Å². The summed E-state index contributed by atoms with van der Waals surface area (Å²) in [6.07, 6.45) is 0.803. The maximum atomic E-state index is 11.9. The van der Waals surface area contributed by atoms with Crippen LogP contribution in [0, 0.1) is 0 Å². The van der Waals surface area contributed by atoms with E-state index in [1.165, 1.54) is 5.39 Å². The van der Waals surface area contributed by atoms with E-state index in [4.69, 9.17) is 0 Å². The number of hydrogen-bond acceptors (Lipinski definition) is 2. The van der Waals surface area contributed by atoms with Gasteiger partial charge in [-0.25, -0.2) is 5.10 Å². The van der Waals surface area contributed by atoms with Gasteiger partial charge in [-0.05, 0) is 34.9 Å². The van der Waals surface area contributed by atoms with Gasteiger partial charge in [0.25, 0.3) is 5.56 Å². The maximum Gasteiger partial charge on any atom is 0.272 e. The van der Waals surface area contributed by atoms with Gasteiger partial charge in [-0.2, -0.15) is 5.10 Å².